The second-order valence-electron chi connectivity index (χ2n) is 4.78. The van der Waals surface area contributed by atoms with Crippen molar-refractivity contribution in [2.75, 3.05) is 39.8 Å². The third-order valence-corrected chi connectivity index (χ3v) is 3.11. The molecule has 1 rings (SSSR count). The van der Waals surface area contributed by atoms with E-state index in [1.165, 1.54) is 0 Å². The minimum atomic E-state index is -0.300. The molecule has 100 valence electrons. The molecule has 1 fully saturated rings. The van der Waals surface area contributed by atoms with Crippen molar-refractivity contribution < 1.29 is 14.6 Å². The Morgan fingerprint density at radius 2 is 1.88 bits per heavy atom. The van der Waals surface area contributed by atoms with E-state index < -0.39 is 0 Å². The van der Waals surface area contributed by atoms with E-state index in [2.05, 4.69) is 4.90 Å². The van der Waals surface area contributed by atoms with Crippen LogP contribution >= 0.6 is 0 Å². The standard InChI is InChI=1S/C12H24N2O3/c1-10(15)9-13-4-6-14(7-5-13)12(16)8-11(2)17-3/h10-11,15H,4-9H2,1-3H3/t10-,11+/m0/s1. The number of nitrogens with zero attached hydrogens (tertiary/aromatic N) is 2. The molecule has 0 aromatic heterocycles. The monoisotopic (exact) mass is 244 g/mol. The largest absolute Gasteiger partial charge is 0.392 e. The first-order valence-electron chi connectivity index (χ1n) is 6.24. The number of carbonyl (C=O) groups excluding carboxylic acids is 1. The molecule has 1 N–H and O–H groups in total. The molecule has 5 nitrogen and oxygen atoms in total. The second kappa shape index (κ2) is 6.93. The molecule has 1 heterocycles. The summed E-state index contributed by atoms with van der Waals surface area (Å²) in [7, 11) is 1.62. The fraction of sp³-hybridized carbons (Fsp3) is 0.917. The molecule has 0 aromatic carbocycles. The zero-order valence-electron chi connectivity index (χ0n) is 11.1. The summed E-state index contributed by atoms with van der Waals surface area (Å²) in [5.74, 6) is 0.163. The van der Waals surface area contributed by atoms with E-state index in [0.717, 1.165) is 26.2 Å². The van der Waals surface area contributed by atoms with Gasteiger partial charge in [0.25, 0.3) is 0 Å². The van der Waals surface area contributed by atoms with Crippen LogP contribution in [0.3, 0.4) is 0 Å². The highest BCUT2D eigenvalue weighted by atomic mass is 16.5. The maximum Gasteiger partial charge on any atom is 0.225 e. The summed E-state index contributed by atoms with van der Waals surface area (Å²) in [5.41, 5.74) is 0. The lowest BCUT2D eigenvalue weighted by Crippen LogP contribution is -2.50. The van der Waals surface area contributed by atoms with Gasteiger partial charge in [-0.05, 0) is 13.8 Å². The number of hydrogen-bond acceptors (Lipinski definition) is 4. The van der Waals surface area contributed by atoms with Crippen LogP contribution in [-0.4, -0.2) is 72.9 Å². The van der Waals surface area contributed by atoms with Gasteiger partial charge in [-0.25, -0.2) is 0 Å². The molecule has 2 atom stereocenters. The lowest BCUT2D eigenvalue weighted by molar-refractivity contribution is -0.135. The third-order valence-electron chi connectivity index (χ3n) is 3.11. The molecule has 5 heteroatoms. The van der Waals surface area contributed by atoms with E-state index in [0.29, 0.717) is 13.0 Å². The van der Waals surface area contributed by atoms with Crippen molar-refractivity contribution in [2.45, 2.75) is 32.5 Å². The van der Waals surface area contributed by atoms with Crippen LogP contribution in [0, 0.1) is 0 Å². The fourth-order valence-corrected chi connectivity index (χ4v) is 2.01. The van der Waals surface area contributed by atoms with Crippen LogP contribution in [0.5, 0.6) is 0 Å². The van der Waals surface area contributed by atoms with Crippen molar-refractivity contribution in [1.82, 2.24) is 9.80 Å². The lowest BCUT2D eigenvalue weighted by Gasteiger charge is -2.35. The average Bonchev–Trinajstić information content (AvgIpc) is 2.28. The smallest absolute Gasteiger partial charge is 0.225 e. The van der Waals surface area contributed by atoms with E-state index in [4.69, 9.17) is 4.74 Å². The molecule has 17 heavy (non-hydrogen) atoms. The minimum Gasteiger partial charge on any atom is -0.392 e. The summed E-state index contributed by atoms with van der Waals surface area (Å²) in [5, 5.41) is 9.29. The van der Waals surface area contributed by atoms with Crippen LogP contribution < -0.4 is 0 Å². The van der Waals surface area contributed by atoms with Gasteiger partial charge in [0, 0.05) is 39.8 Å². The SMILES string of the molecule is CO[C@H](C)CC(=O)N1CCN(C[C@H](C)O)CC1. The molecule has 0 aliphatic carbocycles. The predicted octanol–water partition coefficient (Wildman–Crippen LogP) is -0.0636. The van der Waals surface area contributed by atoms with E-state index in [1.807, 2.05) is 11.8 Å². The van der Waals surface area contributed by atoms with Crippen LogP contribution in [0.25, 0.3) is 0 Å². The Balaban J connectivity index is 2.28. The fourth-order valence-electron chi connectivity index (χ4n) is 2.01. The van der Waals surface area contributed by atoms with Crippen molar-refractivity contribution in [1.29, 1.82) is 0 Å². The van der Waals surface area contributed by atoms with E-state index >= 15 is 0 Å². The quantitative estimate of drug-likeness (QED) is 0.736. The number of β-amino-alcohol motifs (C(OH)–C–C–N with tert-alkyl or cyclic N) is 1. The predicted molar refractivity (Wildman–Crippen MR) is 65.8 cm³/mol. The zero-order valence-corrected chi connectivity index (χ0v) is 11.1. The van der Waals surface area contributed by atoms with Gasteiger partial charge in [0.1, 0.15) is 0 Å². The molecule has 0 spiro atoms. The number of carbonyl (C=O) groups is 1. The number of rotatable bonds is 5. The molecule has 0 unspecified atom stereocenters. The number of aliphatic hydroxyl groups is 1. The van der Waals surface area contributed by atoms with Crippen molar-refractivity contribution in [3.63, 3.8) is 0 Å². The van der Waals surface area contributed by atoms with Crippen molar-refractivity contribution in [3.05, 3.63) is 0 Å². The number of piperazine rings is 1. The van der Waals surface area contributed by atoms with Crippen molar-refractivity contribution in [3.8, 4) is 0 Å². The molecule has 1 aliphatic rings. The molecule has 0 bridgehead atoms. The van der Waals surface area contributed by atoms with Crippen LogP contribution in [0.4, 0.5) is 0 Å². The highest BCUT2D eigenvalue weighted by molar-refractivity contribution is 5.76. The first-order valence-corrected chi connectivity index (χ1v) is 6.24. The van der Waals surface area contributed by atoms with Gasteiger partial charge in [-0.3, -0.25) is 9.69 Å². The van der Waals surface area contributed by atoms with Gasteiger partial charge in [0.05, 0.1) is 18.6 Å². The van der Waals surface area contributed by atoms with Gasteiger partial charge in [-0.2, -0.15) is 0 Å². The molecule has 0 saturated carbocycles. The Morgan fingerprint density at radius 1 is 1.29 bits per heavy atom. The molecule has 1 aliphatic heterocycles. The summed E-state index contributed by atoms with van der Waals surface area (Å²) in [6, 6.07) is 0. The normalized spacial score (nSPS) is 21.3. The Labute approximate surface area is 103 Å². The molecule has 1 amide bonds. The molecule has 1 saturated heterocycles. The zero-order chi connectivity index (χ0) is 12.8. The van der Waals surface area contributed by atoms with Gasteiger partial charge in [-0.1, -0.05) is 0 Å². The first kappa shape index (κ1) is 14.4. The average molecular weight is 244 g/mol. The van der Waals surface area contributed by atoms with Crippen LogP contribution in [0.1, 0.15) is 20.3 Å². The van der Waals surface area contributed by atoms with Crippen molar-refractivity contribution >= 4 is 5.91 Å². The van der Waals surface area contributed by atoms with Gasteiger partial charge < -0.3 is 14.7 Å². The Morgan fingerprint density at radius 3 is 2.35 bits per heavy atom. The van der Waals surface area contributed by atoms with Gasteiger partial charge >= 0.3 is 0 Å². The lowest BCUT2D eigenvalue weighted by atomic mass is 10.2. The topological polar surface area (TPSA) is 53.0 Å². The van der Waals surface area contributed by atoms with E-state index in [1.54, 1.807) is 14.0 Å². The third kappa shape index (κ3) is 5.02. The summed E-state index contributed by atoms with van der Waals surface area (Å²) in [4.78, 5) is 15.9. The first-order chi connectivity index (χ1) is 8.02. The molecular formula is C12H24N2O3. The number of hydrogen-bond donors (Lipinski definition) is 1. The molecular weight excluding hydrogens is 220 g/mol. The van der Waals surface area contributed by atoms with E-state index in [9.17, 15) is 9.90 Å². The van der Waals surface area contributed by atoms with Crippen molar-refractivity contribution in [2.24, 2.45) is 0 Å². The maximum atomic E-state index is 11.9. The highest BCUT2D eigenvalue weighted by Gasteiger charge is 2.22. The van der Waals surface area contributed by atoms with Crippen LogP contribution in [0.2, 0.25) is 0 Å². The Bertz CT molecular complexity index is 238. The maximum absolute atomic E-state index is 11.9. The number of amides is 1. The summed E-state index contributed by atoms with van der Waals surface area (Å²) in [6.45, 7) is 7.58. The second-order valence-corrected chi connectivity index (χ2v) is 4.78. The Hall–Kier alpha value is -0.650. The van der Waals surface area contributed by atoms with E-state index in [-0.39, 0.29) is 18.1 Å². The van der Waals surface area contributed by atoms with Gasteiger partial charge in [-0.15, -0.1) is 0 Å². The Kier molecular flexibility index (Phi) is 5.88. The van der Waals surface area contributed by atoms with Crippen LogP contribution in [0.15, 0.2) is 0 Å². The summed E-state index contributed by atoms with van der Waals surface area (Å²) in [6.07, 6.45) is 0.135. The van der Waals surface area contributed by atoms with Gasteiger partial charge in [0.15, 0.2) is 0 Å². The number of aliphatic hydroxyl groups excluding tert-OH is 1. The number of methoxy groups -OCH3 is 1. The minimum absolute atomic E-state index is 0.0157. The van der Waals surface area contributed by atoms with Gasteiger partial charge in [0.2, 0.25) is 5.91 Å². The summed E-state index contributed by atoms with van der Waals surface area (Å²) < 4.78 is 5.09. The molecule has 0 aromatic rings. The highest BCUT2D eigenvalue weighted by Crippen LogP contribution is 2.07. The number of ether oxygens (including phenoxy) is 1. The van der Waals surface area contributed by atoms with Crippen LogP contribution in [-0.2, 0) is 9.53 Å². The summed E-state index contributed by atoms with van der Waals surface area (Å²) >= 11 is 0. The molecule has 0 radical (unpaired) electrons.